The van der Waals surface area contributed by atoms with E-state index in [2.05, 4.69) is 11.3 Å². The van der Waals surface area contributed by atoms with Gasteiger partial charge >= 0.3 is 5.97 Å². The Labute approximate surface area is 99.4 Å². The SMILES string of the molecule is CCCN(C)c1snc(N)c1C(=O)OCC. The van der Waals surface area contributed by atoms with Crippen LogP contribution in [0.2, 0.25) is 0 Å². The van der Waals surface area contributed by atoms with Crippen molar-refractivity contribution in [3.8, 4) is 0 Å². The fraction of sp³-hybridized carbons (Fsp3) is 0.600. The van der Waals surface area contributed by atoms with Crippen molar-refractivity contribution in [3.05, 3.63) is 5.56 Å². The number of nitrogens with zero attached hydrogens (tertiary/aromatic N) is 2. The lowest BCUT2D eigenvalue weighted by Gasteiger charge is -2.16. The highest BCUT2D eigenvalue weighted by atomic mass is 32.1. The van der Waals surface area contributed by atoms with Gasteiger partial charge in [0.05, 0.1) is 6.61 Å². The zero-order chi connectivity index (χ0) is 12.1. The molecule has 1 aromatic rings. The van der Waals surface area contributed by atoms with Crippen LogP contribution in [-0.4, -0.2) is 30.5 Å². The van der Waals surface area contributed by atoms with Gasteiger partial charge in [-0.05, 0) is 24.9 Å². The summed E-state index contributed by atoms with van der Waals surface area (Å²) in [5.41, 5.74) is 6.07. The molecule has 0 fully saturated rings. The number of anilines is 2. The second-order valence-electron chi connectivity index (χ2n) is 3.39. The highest BCUT2D eigenvalue weighted by Gasteiger charge is 2.22. The van der Waals surface area contributed by atoms with Gasteiger partial charge in [-0.25, -0.2) is 4.79 Å². The molecule has 0 aromatic carbocycles. The summed E-state index contributed by atoms with van der Waals surface area (Å²) in [5.74, 6) is -0.145. The van der Waals surface area contributed by atoms with Crippen LogP contribution in [0.25, 0.3) is 0 Å². The minimum absolute atomic E-state index is 0.251. The summed E-state index contributed by atoms with van der Waals surface area (Å²) >= 11 is 1.23. The predicted octanol–water partition coefficient (Wildman–Crippen LogP) is 1.75. The number of carbonyl (C=O) groups is 1. The summed E-state index contributed by atoms with van der Waals surface area (Å²) in [7, 11) is 1.92. The van der Waals surface area contributed by atoms with Crippen LogP contribution in [0.4, 0.5) is 10.8 Å². The van der Waals surface area contributed by atoms with Crippen molar-refractivity contribution in [2.24, 2.45) is 0 Å². The van der Waals surface area contributed by atoms with Crippen molar-refractivity contribution in [2.75, 3.05) is 30.8 Å². The van der Waals surface area contributed by atoms with E-state index in [0.717, 1.165) is 18.0 Å². The summed E-state index contributed by atoms with van der Waals surface area (Å²) in [6, 6.07) is 0. The zero-order valence-electron chi connectivity index (χ0n) is 9.82. The van der Waals surface area contributed by atoms with Crippen LogP contribution >= 0.6 is 11.5 Å². The lowest BCUT2D eigenvalue weighted by molar-refractivity contribution is 0.0528. The van der Waals surface area contributed by atoms with Gasteiger partial charge < -0.3 is 15.4 Å². The third-order valence-electron chi connectivity index (χ3n) is 2.09. The summed E-state index contributed by atoms with van der Waals surface area (Å²) < 4.78 is 8.96. The number of nitrogen functional groups attached to an aromatic ring is 1. The summed E-state index contributed by atoms with van der Waals surface area (Å²) in [4.78, 5) is 13.7. The van der Waals surface area contributed by atoms with Crippen LogP contribution in [0.1, 0.15) is 30.6 Å². The Balaban J connectivity index is 2.97. The number of esters is 1. The first-order valence-corrected chi connectivity index (χ1v) is 6.02. The number of nitrogens with two attached hydrogens (primary N) is 1. The maximum absolute atomic E-state index is 11.7. The number of rotatable bonds is 5. The Morgan fingerprint density at radius 2 is 2.25 bits per heavy atom. The van der Waals surface area contributed by atoms with E-state index in [4.69, 9.17) is 10.5 Å². The number of aromatic nitrogens is 1. The Bertz CT molecular complexity index is 365. The standard InChI is InChI=1S/C10H17N3O2S/c1-4-6-13(3)9-7(8(11)12-16-9)10(14)15-5-2/h4-6H2,1-3H3,(H2,11,12). The number of hydrogen-bond acceptors (Lipinski definition) is 6. The molecule has 0 aliphatic rings. The van der Waals surface area contributed by atoms with Crippen molar-refractivity contribution in [3.63, 3.8) is 0 Å². The van der Waals surface area contributed by atoms with Gasteiger partial charge in [-0.3, -0.25) is 0 Å². The maximum atomic E-state index is 11.7. The molecule has 1 aromatic heterocycles. The fourth-order valence-electron chi connectivity index (χ4n) is 1.39. The van der Waals surface area contributed by atoms with Crippen molar-refractivity contribution < 1.29 is 9.53 Å². The first-order valence-electron chi connectivity index (χ1n) is 5.25. The Morgan fingerprint density at radius 1 is 1.56 bits per heavy atom. The highest BCUT2D eigenvalue weighted by Crippen LogP contribution is 2.30. The molecule has 0 aliphatic carbocycles. The van der Waals surface area contributed by atoms with Crippen LogP contribution < -0.4 is 10.6 Å². The summed E-state index contributed by atoms with van der Waals surface area (Å²) in [5, 5.41) is 0.776. The molecule has 0 atom stereocenters. The zero-order valence-corrected chi connectivity index (χ0v) is 10.6. The van der Waals surface area contributed by atoms with E-state index in [1.54, 1.807) is 6.92 Å². The second kappa shape index (κ2) is 5.69. The Morgan fingerprint density at radius 3 is 2.81 bits per heavy atom. The van der Waals surface area contributed by atoms with Gasteiger partial charge in [-0.2, -0.15) is 4.37 Å². The van der Waals surface area contributed by atoms with E-state index in [1.807, 2.05) is 11.9 Å². The molecular formula is C10H17N3O2S. The topological polar surface area (TPSA) is 68.5 Å². The molecule has 0 amide bonds. The molecule has 0 unspecified atom stereocenters. The molecule has 1 heterocycles. The minimum Gasteiger partial charge on any atom is -0.462 e. The number of hydrogen-bond donors (Lipinski definition) is 1. The fourth-order valence-corrected chi connectivity index (χ4v) is 2.17. The van der Waals surface area contributed by atoms with E-state index in [1.165, 1.54) is 11.5 Å². The van der Waals surface area contributed by atoms with Crippen LogP contribution in [-0.2, 0) is 4.74 Å². The van der Waals surface area contributed by atoms with E-state index < -0.39 is 5.97 Å². The smallest absolute Gasteiger partial charge is 0.345 e. The third kappa shape index (κ3) is 2.63. The van der Waals surface area contributed by atoms with Gasteiger partial charge in [0.15, 0.2) is 5.82 Å². The Kier molecular flexibility index (Phi) is 4.54. The molecule has 0 bridgehead atoms. The Hall–Kier alpha value is -1.30. The lowest BCUT2D eigenvalue weighted by atomic mass is 10.3. The van der Waals surface area contributed by atoms with Crippen molar-refractivity contribution in [1.82, 2.24) is 4.37 Å². The monoisotopic (exact) mass is 243 g/mol. The van der Waals surface area contributed by atoms with E-state index >= 15 is 0 Å². The first kappa shape index (κ1) is 12.8. The number of carbonyl (C=O) groups excluding carboxylic acids is 1. The van der Waals surface area contributed by atoms with Crippen molar-refractivity contribution >= 4 is 28.3 Å². The van der Waals surface area contributed by atoms with Crippen molar-refractivity contribution in [1.29, 1.82) is 0 Å². The van der Waals surface area contributed by atoms with Crippen LogP contribution in [0.15, 0.2) is 0 Å². The molecule has 90 valence electrons. The molecule has 0 spiro atoms. The van der Waals surface area contributed by atoms with Crippen LogP contribution in [0.3, 0.4) is 0 Å². The molecule has 0 radical (unpaired) electrons. The third-order valence-corrected chi connectivity index (χ3v) is 3.06. The molecule has 1 rings (SSSR count). The van der Waals surface area contributed by atoms with Gasteiger partial charge in [-0.15, -0.1) is 0 Å². The normalized spacial score (nSPS) is 10.2. The molecule has 5 nitrogen and oxygen atoms in total. The molecular weight excluding hydrogens is 226 g/mol. The average Bonchev–Trinajstić information content (AvgIpc) is 2.61. The van der Waals surface area contributed by atoms with Crippen molar-refractivity contribution in [2.45, 2.75) is 20.3 Å². The minimum atomic E-state index is -0.397. The van der Waals surface area contributed by atoms with Gasteiger partial charge in [0.25, 0.3) is 0 Å². The quantitative estimate of drug-likeness (QED) is 0.798. The molecule has 0 aliphatic heterocycles. The van der Waals surface area contributed by atoms with Gasteiger partial charge in [0.1, 0.15) is 10.6 Å². The largest absolute Gasteiger partial charge is 0.462 e. The summed E-state index contributed by atoms with van der Waals surface area (Å²) in [6.45, 7) is 5.04. The lowest BCUT2D eigenvalue weighted by Crippen LogP contribution is -2.20. The van der Waals surface area contributed by atoms with Gasteiger partial charge in [0, 0.05) is 13.6 Å². The van der Waals surface area contributed by atoms with Crippen LogP contribution in [0.5, 0.6) is 0 Å². The van der Waals surface area contributed by atoms with E-state index in [-0.39, 0.29) is 5.82 Å². The number of ether oxygens (including phenoxy) is 1. The molecule has 0 saturated carbocycles. The average molecular weight is 243 g/mol. The van der Waals surface area contributed by atoms with Gasteiger partial charge in [0.2, 0.25) is 0 Å². The van der Waals surface area contributed by atoms with Crippen LogP contribution in [0, 0.1) is 0 Å². The molecule has 2 N–H and O–H groups in total. The molecule has 6 heteroatoms. The van der Waals surface area contributed by atoms with E-state index in [9.17, 15) is 4.79 Å². The second-order valence-corrected chi connectivity index (χ2v) is 4.14. The van der Waals surface area contributed by atoms with E-state index in [0.29, 0.717) is 12.2 Å². The molecule has 16 heavy (non-hydrogen) atoms. The molecule has 0 saturated heterocycles. The first-order chi connectivity index (χ1) is 7.61. The van der Waals surface area contributed by atoms with Gasteiger partial charge in [-0.1, -0.05) is 6.92 Å². The highest BCUT2D eigenvalue weighted by molar-refractivity contribution is 7.11. The maximum Gasteiger partial charge on any atom is 0.345 e. The summed E-state index contributed by atoms with van der Waals surface area (Å²) in [6.07, 6.45) is 0.997. The predicted molar refractivity (Wildman–Crippen MR) is 66.0 cm³/mol.